The molecule has 0 saturated heterocycles. The average Bonchev–Trinajstić information content (AvgIpc) is 1.57. The largest absolute Gasteiger partial charge is 0.309 e. The van der Waals surface area contributed by atoms with Crippen molar-refractivity contribution < 1.29 is 0 Å². The molecular formula is C119H73N9. The van der Waals surface area contributed by atoms with Crippen LogP contribution >= 0.6 is 0 Å². The Labute approximate surface area is 734 Å². The number of para-hydroxylation sites is 7. The molecule has 20 aromatic carbocycles. The van der Waals surface area contributed by atoms with Gasteiger partial charge in [-0.1, -0.05) is 334 Å². The summed E-state index contributed by atoms with van der Waals surface area (Å²) in [5, 5.41) is 24.0. The highest BCUT2D eigenvalue weighted by Crippen LogP contribution is 2.49. The minimum absolute atomic E-state index is 0.649. The molecule has 594 valence electrons. The molecule has 0 bridgehead atoms. The van der Waals surface area contributed by atoms with E-state index in [0.29, 0.717) is 11.9 Å². The normalized spacial score (nSPS) is 11.9. The lowest BCUT2D eigenvalue weighted by atomic mass is 9.91. The summed E-state index contributed by atoms with van der Waals surface area (Å²) >= 11 is 0. The summed E-state index contributed by atoms with van der Waals surface area (Å²) in [6.45, 7) is 0. The summed E-state index contributed by atoms with van der Waals surface area (Å²) in [5.74, 6) is 1.30. The third-order valence-corrected chi connectivity index (χ3v) is 26.3. The van der Waals surface area contributed by atoms with Gasteiger partial charge in [-0.15, -0.1) is 0 Å². The Balaban J connectivity index is 0.000000136. The summed E-state index contributed by atoms with van der Waals surface area (Å²) < 4.78 is 9.30. The third kappa shape index (κ3) is 11.4. The highest BCUT2D eigenvalue weighted by atomic mass is 15.2. The van der Waals surface area contributed by atoms with Crippen molar-refractivity contribution in [1.29, 1.82) is 0 Å². The van der Waals surface area contributed by atoms with Gasteiger partial charge in [-0.3, -0.25) is 14.1 Å². The Bertz CT molecular complexity index is 9250. The van der Waals surface area contributed by atoms with E-state index < -0.39 is 0 Å². The predicted octanol–water partition coefficient (Wildman–Crippen LogP) is 30.8. The van der Waals surface area contributed by atoms with Crippen LogP contribution in [0.1, 0.15) is 0 Å². The summed E-state index contributed by atoms with van der Waals surface area (Å²) in [5.41, 5.74) is 26.4. The van der Waals surface area contributed by atoms with Crippen LogP contribution in [0, 0.1) is 0 Å². The van der Waals surface area contributed by atoms with Gasteiger partial charge in [-0.2, -0.15) is 0 Å². The number of aromatic nitrogens is 9. The van der Waals surface area contributed by atoms with Crippen molar-refractivity contribution in [2.24, 2.45) is 0 Å². The molecule has 0 N–H and O–H groups in total. The average molecular weight is 1630 g/mol. The maximum absolute atomic E-state index is 5.39. The van der Waals surface area contributed by atoms with E-state index >= 15 is 0 Å². The molecular weight excluding hydrogens is 1560 g/mol. The van der Waals surface area contributed by atoms with Gasteiger partial charge in [0.15, 0.2) is 0 Å². The molecule has 0 aliphatic carbocycles. The molecule has 27 rings (SSSR count). The van der Waals surface area contributed by atoms with Crippen LogP contribution in [0.3, 0.4) is 0 Å². The Morgan fingerprint density at radius 2 is 0.453 bits per heavy atom. The molecule has 9 heteroatoms. The molecule has 0 aliphatic rings. The van der Waals surface area contributed by atoms with Crippen LogP contribution in [0.25, 0.3) is 253 Å². The van der Waals surface area contributed by atoms with Gasteiger partial charge in [-0.25, -0.2) is 19.9 Å². The van der Waals surface area contributed by atoms with Gasteiger partial charge in [0.2, 0.25) is 11.9 Å². The highest BCUT2D eigenvalue weighted by molar-refractivity contribution is 6.29. The number of rotatable bonds is 10. The van der Waals surface area contributed by atoms with Gasteiger partial charge in [0.05, 0.1) is 78.4 Å². The van der Waals surface area contributed by atoms with Crippen LogP contribution in [0.4, 0.5) is 0 Å². The van der Waals surface area contributed by atoms with Crippen molar-refractivity contribution in [1.82, 2.24) is 43.2 Å². The number of hydrogen-bond acceptors (Lipinski definition) is 5. The fraction of sp³-hybridized carbons (Fsp3) is 0. The Morgan fingerprint density at radius 1 is 0.172 bits per heavy atom. The number of nitrogens with zero attached hydrogens (tertiary/aromatic N) is 9. The van der Waals surface area contributed by atoms with E-state index in [1.807, 2.05) is 30.6 Å². The van der Waals surface area contributed by atoms with E-state index in [9.17, 15) is 0 Å². The SMILES string of the molecule is c1ccc(-c2nc(-n3c4ccccc4c4c5ccccc5c(-c5ccc(-c6cc7c(c8ccccc68)c6ccccc6n7-c6cccnc6)cc5)cc43)nc3ccccc23)cc1.c1ccc(-c2nc(-n3c4ccccc4c4c5ccccc5c(-c5ccc6cc(-c7cc8c(c9ccccc79)c7ccccc7n8-c7ccccc7)ccc6c5)cc43)nc3ccccc23)cc1. The van der Waals surface area contributed by atoms with E-state index in [1.165, 1.54) is 136 Å². The van der Waals surface area contributed by atoms with Crippen LogP contribution in [0.2, 0.25) is 0 Å². The van der Waals surface area contributed by atoms with Crippen LogP contribution < -0.4 is 0 Å². The van der Waals surface area contributed by atoms with Crippen LogP contribution in [-0.4, -0.2) is 43.2 Å². The molecule has 0 unspecified atom stereocenters. The Kier molecular flexibility index (Phi) is 16.5. The number of pyridine rings is 1. The molecule has 0 fully saturated rings. The monoisotopic (exact) mass is 1630 g/mol. The molecule has 27 aromatic rings. The summed E-state index contributed by atoms with van der Waals surface area (Å²) in [7, 11) is 0. The van der Waals surface area contributed by atoms with E-state index in [0.717, 1.165) is 106 Å². The molecule has 0 radical (unpaired) electrons. The van der Waals surface area contributed by atoms with Gasteiger partial charge in [0.1, 0.15) is 0 Å². The van der Waals surface area contributed by atoms with Crippen molar-refractivity contribution in [3.8, 4) is 90.3 Å². The van der Waals surface area contributed by atoms with Gasteiger partial charge in [0, 0.05) is 76.9 Å². The lowest BCUT2D eigenvalue weighted by molar-refractivity contribution is 1.01. The molecule has 0 atom stereocenters. The second-order valence-electron chi connectivity index (χ2n) is 33.3. The maximum Gasteiger partial charge on any atom is 0.235 e. The molecule has 9 nitrogen and oxygen atoms in total. The summed E-state index contributed by atoms with van der Waals surface area (Å²) in [6, 6.07) is 155. The zero-order valence-corrected chi connectivity index (χ0v) is 69.2. The second-order valence-corrected chi connectivity index (χ2v) is 33.3. The molecule has 0 saturated carbocycles. The van der Waals surface area contributed by atoms with Crippen molar-refractivity contribution in [2.75, 3.05) is 0 Å². The first-order chi connectivity index (χ1) is 63.5. The number of fused-ring (bicyclic) bond motifs is 23. The smallest absolute Gasteiger partial charge is 0.235 e. The fourth-order valence-corrected chi connectivity index (χ4v) is 20.7. The van der Waals surface area contributed by atoms with E-state index in [4.69, 9.17) is 19.9 Å². The lowest BCUT2D eigenvalue weighted by Crippen LogP contribution is -2.03. The topological polar surface area (TPSA) is 84.2 Å². The zero-order valence-electron chi connectivity index (χ0n) is 69.2. The van der Waals surface area contributed by atoms with E-state index in [-0.39, 0.29) is 0 Å². The van der Waals surface area contributed by atoms with Crippen LogP contribution in [0.15, 0.2) is 443 Å². The molecule has 0 spiro atoms. The Morgan fingerprint density at radius 3 is 0.820 bits per heavy atom. The van der Waals surface area contributed by atoms with Crippen LogP contribution in [-0.2, 0) is 0 Å². The zero-order chi connectivity index (χ0) is 84.0. The molecule has 7 heterocycles. The van der Waals surface area contributed by atoms with Crippen molar-refractivity contribution in [3.05, 3.63) is 443 Å². The fourth-order valence-electron chi connectivity index (χ4n) is 20.7. The first-order valence-corrected chi connectivity index (χ1v) is 43.6. The molecule has 0 amide bonds. The lowest BCUT2D eigenvalue weighted by Gasteiger charge is -2.14. The van der Waals surface area contributed by atoms with Gasteiger partial charge < -0.3 is 9.13 Å². The minimum Gasteiger partial charge on any atom is -0.309 e. The van der Waals surface area contributed by atoms with E-state index in [1.54, 1.807) is 0 Å². The highest BCUT2D eigenvalue weighted by Gasteiger charge is 2.27. The van der Waals surface area contributed by atoms with Gasteiger partial charge >= 0.3 is 0 Å². The molecule has 128 heavy (non-hydrogen) atoms. The first kappa shape index (κ1) is 72.4. The van der Waals surface area contributed by atoms with Crippen molar-refractivity contribution in [2.45, 2.75) is 0 Å². The Hall–Kier alpha value is -17.3. The standard InChI is InChI=1S/C62H38N4.C57H35N5/c1-3-17-39(18-4-1)61-49-25-11-14-28-54(49)63-62(64-61)66-56-30-16-13-27-51(56)60-48-24-10-8-22-46(48)53(38-58(60)66)43-34-32-40-35-42(33-31-41(40)36-43)52-37-57-59(47-23-9-7-21-45(47)52)50-26-12-15-29-55(50)65(57)44-19-5-2-6-20-44;1-2-15-38(16-3-1)56-44-22-8-11-25-49(44)59-57(60-56)62-51-27-13-10-24-46(51)55-43-21-7-5-19-41(43)48(34-53(55)62)37-30-28-36(29-31-37)47-33-52-54(42-20-6-4-18-40(42)47)45-23-9-12-26-50(45)61(52)39-17-14-32-58-35-39/h1-38H;1-35H. The minimum atomic E-state index is 0.649. The quantitative estimate of drug-likeness (QED) is 0.136. The summed E-state index contributed by atoms with van der Waals surface area (Å²) in [6.07, 6.45) is 3.78. The second kappa shape index (κ2) is 29.2. The van der Waals surface area contributed by atoms with Crippen molar-refractivity contribution in [3.63, 3.8) is 0 Å². The van der Waals surface area contributed by atoms with Crippen LogP contribution in [0.5, 0.6) is 0 Å². The molecule has 7 aromatic heterocycles. The van der Waals surface area contributed by atoms with Gasteiger partial charge in [0.25, 0.3) is 0 Å². The molecule has 0 aliphatic heterocycles. The number of hydrogen-bond donors (Lipinski definition) is 0. The maximum atomic E-state index is 5.39. The van der Waals surface area contributed by atoms with E-state index in [2.05, 4.69) is 436 Å². The van der Waals surface area contributed by atoms with Gasteiger partial charge in [-0.05, 0) is 195 Å². The summed E-state index contributed by atoms with van der Waals surface area (Å²) in [4.78, 5) is 25.8. The third-order valence-electron chi connectivity index (χ3n) is 26.3. The van der Waals surface area contributed by atoms with Crippen molar-refractivity contribution >= 4 is 163 Å². The number of benzene rings is 20. The predicted molar refractivity (Wildman–Crippen MR) is 534 cm³/mol. The first-order valence-electron chi connectivity index (χ1n) is 43.6.